The number of nitrogens with zero attached hydrogens (tertiary/aromatic N) is 2. The van der Waals surface area contributed by atoms with Crippen molar-refractivity contribution in [2.24, 2.45) is 4.99 Å². The van der Waals surface area contributed by atoms with Crippen molar-refractivity contribution in [3.05, 3.63) is 12.3 Å². The molecule has 78 valence electrons. The van der Waals surface area contributed by atoms with E-state index in [0.29, 0.717) is 18.2 Å². The third-order valence-corrected chi connectivity index (χ3v) is 3.08. The lowest BCUT2D eigenvalue weighted by Gasteiger charge is -2.56. The van der Waals surface area contributed by atoms with E-state index < -0.39 is 0 Å². The summed E-state index contributed by atoms with van der Waals surface area (Å²) in [6.45, 7) is 10.8. The number of amidine groups is 1. The van der Waals surface area contributed by atoms with Crippen molar-refractivity contribution in [3.63, 3.8) is 0 Å². The van der Waals surface area contributed by atoms with Gasteiger partial charge in [0.1, 0.15) is 5.84 Å². The quantitative estimate of drug-likeness (QED) is 0.469. The van der Waals surface area contributed by atoms with Gasteiger partial charge in [-0.05, 0) is 27.2 Å². The van der Waals surface area contributed by atoms with E-state index in [2.05, 4.69) is 30.3 Å². The van der Waals surface area contributed by atoms with Gasteiger partial charge in [0.2, 0.25) is 0 Å². The lowest BCUT2D eigenvalue weighted by molar-refractivity contribution is -0.134. The number of hydrogen-bond acceptors (Lipinski definition) is 2. The summed E-state index contributed by atoms with van der Waals surface area (Å²) < 4.78 is 5.61. The zero-order valence-corrected chi connectivity index (χ0v) is 9.16. The van der Waals surface area contributed by atoms with Crippen molar-refractivity contribution >= 4 is 5.84 Å². The summed E-state index contributed by atoms with van der Waals surface area (Å²) in [5.41, 5.74) is 0.876. The number of rotatable bonds is 1. The van der Waals surface area contributed by atoms with Crippen LogP contribution in [0.2, 0.25) is 0 Å². The van der Waals surface area contributed by atoms with Crippen LogP contribution in [0, 0.1) is 0 Å². The number of allylic oxidation sites excluding steroid dienone is 1. The van der Waals surface area contributed by atoms with Gasteiger partial charge < -0.3 is 9.64 Å². The summed E-state index contributed by atoms with van der Waals surface area (Å²) in [5.74, 6) is 1.09. The van der Waals surface area contributed by atoms with Crippen molar-refractivity contribution < 1.29 is 4.74 Å². The second-order valence-corrected chi connectivity index (χ2v) is 4.30. The van der Waals surface area contributed by atoms with E-state index in [0.717, 1.165) is 18.1 Å². The van der Waals surface area contributed by atoms with Crippen LogP contribution in [0.25, 0.3) is 0 Å². The molecule has 3 nitrogen and oxygen atoms in total. The Labute approximate surface area is 85.5 Å². The number of hydrogen-bond donors (Lipinski definition) is 0. The Morgan fingerprint density at radius 2 is 2.21 bits per heavy atom. The summed E-state index contributed by atoms with van der Waals surface area (Å²) in [4.78, 5) is 6.79. The molecule has 0 aromatic heterocycles. The lowest BCUT2D eigenvalue weighted by Crippen LogP contribution is -2.68. The Bertz CT molecular complexity index is 283. The van der Waals surface area contributed by atoms with Crippen molar-refractivity contribution in [2.45, 2.75) is 45.4 Å². The van der Waals surface area contributed by atoms with Gasteiger partial charge in [0.15, 0.2) is 0 Å². The minimum absolute atomic E-state index is 0.343. The number of ether oxygens (including phenoxy) is 1. The second kappa shape index (κ2) is 3.39. The first-order valence-corrected chi connectivity index (χ1v) is 5.20. The van der Waals surface area contributed by atoms with Gasteiger partial charge in [-0.3, -0.25) is 0 Å². The third-order valence-electron chi connectivity index (χ3n) is 3.08. The highest BCUT2D eigenvalue weighted by atomic mass is 16.5. The van der Waals surface area contributed by atoms with E-state index in [1.54, 1.807) is 0 Å². The summed E-state index contributed by atoms with van der Waals surface area (Å²) in [6, 6.07) is 1.09. The molecule has 0 saturated carbocycles. The van der Waals surface area contributed by atoms with Crippen molar-refractivity contribution in [1.82, 2.24) is 4.90 Å². The van der Waals surface area contributed by atoms with Crippen LogP contribution in [-0.4, -0.2) is 35.5 Å². The van der Waals surface area contributed by atoms with E-state index in [1.807, 2.05) is 6.92 Å². The maximum atomic E-state index is 5.61. The number of morpholine rings is 1. The van der Waals surface area contributed by atoms with Gasteiger partial charge in [0.05, 0.1) is 24.8 Å². The maximum absolute atomic E-state index is 5.61. The number of aliphatic imine (C=N–C) groups is 1. The SMILES string of the molecule is C=C(C)N=C(C)N1C2CO[C@H](C)C1C2. The van der Waals surface area contributed by atoms with Crippen molar-refractivity contribution in [3.8, 4) is 0 Å². The van der Waals surface area contributed by atoms with Crippen LogP contribution in [-0.2, 0) is 4.74 Å². The first-order chi connectivity index (χ1) is 6.59. The zero-order valence-electron chi connectivity index (χ0n) is 9.16. The smallest absolute Gasteiger partial charge is 0.102 e. The lowest BCUT2D eigenvalue weighted by atomic mass is 9.86. The topological polar surface area (TPSA) is 24.8 Å². The number of fused-ring (bicyclic) bond motifs is 2. The van der Waals surface area contributed by atoms with Gasteiger partial charge in [-0.1, -0.05) is 6.58 Å². The molecule has 3 heteroatoms. The van der Waals surface area contributed by atoms with Crippen LogP contribution in [0.1, 0.15) is 27.2 Å². The maximum Gasteiger partial charge on any atom is 0.102 e. The molecule has 14 heavy (non-hydrogen) atoms. The minimum atomic E-state index is 0.343. The third kappa shape index (κ3) is 1.46. The molecule has 0 amide bonds. The van der Waals surface area contributed by atoms with Crippen LogP contribution in [0.15, 0.2) is 17.3 Å². The Kier molecular flexibility index (Phi) is 2.35. The molecular weight excluding hydrogens is 176 g/mol. The highest BCUT2D eigenvalue weighted by Crippen LogP contribution is 2.35. The van der Waals surface area contributed by atoms with Crippen LogP contribution in [0.3, 0.4) is 0 Å². The average molecular weight is 194 g/mol. The van der Waals surface area contributed by atoms with Crippen molar-refractivity contribution in [2.75, 3.05) is 6.61 Å². The Morgan fingerprint density at radius 3 is 2.71 bits per heavy atom. The van der Waals surface area contributed by atoms with Crippen LogP contribution < -0.4 is 0 Å². The highest BCUT2D eigenvalue weighted by Gasteiger charge is 2.46. The normalized spacial score (nSPS) is 36.6. The van der Waals surface area contributed by atoms with Gasteiger partial charge in [-0.2, -0.15) is 0 Å². The highest BCUT2D eigenvalue weighted by molar-refractivity contribution is 5.82. The molecule has 0 aliphatic carbocycles. The van der Waals surface area contributed by atoms with Crippen LogP contribution >= 0.6 is 0 Å². The molecule has 3 aliphatic rings. The minimum Gasteiger partial charge on any atom is -0.374 e. The van der Waals surface area contributed by atoms with Crippen LogP contribution in [0.4, 0.5) is 0 Å². The van der Waals surface area contributed by atoms with E-state index >= 15 is 0 Å². The van der Waals surface area contributed by atoms with Gasteiger partial charge in [0, 0.05) is 5.70 Å². The van der Waals surface area contributed by atoms with Gasteiger partial charge >= 0.3 is 0 Å². The molecule has 3 saturated heterocycles. The first-order valence-electron chi connectivity index (χ1n) is 5.20. The fourth-order valence-corrected chi connectivity index (χ4v) is 2.42. The molecule has 3 fully saturated rings. The predicted molar refractivity (Wildman–Crippen MR) is 57.4 cm³/mol. The molecule has 0 aromatic carbocycles. The van der Waals surface area contributed by atoms with E-state index in [4.69, 9.17) is 4.74 Å². The molecule has 2 bridgehead atoms. The molecule has 0 N–H and O–H groups in total. The van der Waals surface area contributed by atoms with E-state index in [9.17, 15) is 0 Å². The van der Waals surface area contributed by atoms with Crippen molar-refractivity contribution in [1.29, 1.82) is 0 Å². The van der Waals surface area contributed by atoms with Gasteiger partial charge in [0.25, 0.3) is 0 Å². The Hall–Kier alpha value is -0.830. The zero-order chi connectivity index (χ0) is 10.3. The average Bonchev–Trinajstić information content (AvgIpc) is 2.00. The Balaban J connectivity index is 2.09. The van der Waals surface area contributed by atoms with E-state index in [-0.39, 0.29) is 0 Å². The molecule has 0 radical (unpaired) electrons. The monoisotopic (exact) mass is 194 g/mol. The van der Waals surface area contributed by atoms with Gasteiger partial charge in [-0.15, -0.1) is 0 Å². The first kappa shape index (κ1) is 9.71. The fourth-order valence-electron chi connectivity index (χ4n) is 2.42. The largest absolute Gasteiger partial charge is 0.374 e. The molecule has 3 atom stereocenters. The molecule has 0 aromatic rings. The standard InChI is InChI=1S/C11H18N2O/c1-7(2)12-9(4)13-10-5-11(13)8(3)14-6-10/h8,10-11H,1,5-6H2,2-4H3/t8-,10?,11?/m1/s1. The molecular formula is C11H18N2O. The molecule has 3 aliphatic heterocycles. The molecule has 3 heterocycles. The predicted octanol–water partition coefficient (Wildman–Crippen LogP) is 1.80. The molecule has 2 unspecified atom stereocenters. The molecule has 3 rings (SSSR count). The van der Waals surface area contributed by atoms with Gasteiger partial charge in [-0.25, -0.2) is 4.99 Å². The fraction of sp³-hybridized carbons (Fsp3) is 0.727. The Morgan fingerprint density at radius 1 is 1.50 bits per heavy atom. The summed E-state index contributed by atoms with van der Waals surface area (Å²) >= 11 is 0. The summed E-state index contributed by atoms with van der Waals surface area (Å²) in [7, 11) is 0. The van der Waals surface area contributed by atoms with E-state index in [1.165, 1.54) is 6.42 Å². The molecule has 0 spiro atoms. The van der Waals surface area contributed by atoms with Crippen LogP contribution in [0.5, 0.6) is 0 Å². The summed E-state index contributed by atoms with van der Waals surface area (Å²) in [5, 5.41) is 0. The second-order valence-electron chi connectivity index (χ2n) is 4.30. The summed E-state index contributed by atoms with van der Waals surface area (Å²) in [6.07, 6.45) is 1.60.